The van der Waals surface area contributed by atoms with Gasteiger partial charge in [-0.25, -0.2) is 4.98 Å². The molecule has 5 atom stereocenters. The van der Waals surface area contributed by atoms with Crippen molar-refractivity contribution in [3.05, 3.63) is 23.2 Å². The minimum absolute atomic E-state index is 0.00249. The minimum atomic E-state index is -0.660. The van der Waals surface area contributed by atoms with Gasteiger partial charge in [-0.15, -0.1) is 17.9 Å². The highest BCUT2D eigenvalue weighted by Gasteiger charge is 2.59. The van der Waals surface area contributed by atoms with Crippen molar-refractivity contribution in [2.45, 2.75) is 84.2 Å². The first-order valence-corrected chi connectivity index (χ1v) is 13.4. The maximum atomic E-state index is 13.1. The Hall–Kier alpha value is -1.77. The molecule has 7 nitrogen and oxygen atoms in total. The number of unbranched alkanes of at least 4 members (excludes halogenated alkanes) is 2. The molecule has 0 spiro atoms. The third-order valence-corrected chi connectivity index (χ3v) is 9.36. The summed E-state index contributed by atoms with van der Waals surface area (Å²) in [6.45, 7) is 10.4. The van der Waals surface area contributed by atoms with Crippen LogP contribution >= 0.6 is 11.3 Å². The molecule has 0 saturated heterocycles. The van der Waals surface area contributed by atoms with Gasteiger partial charge in [0.15, 0.2) is 5.13 Å². The van der Waals surface area contributed by atoms with E-state index in [1.165, 1.54) is 11.3 Å². The zero-order chi connectivity index (χ0) is 25.1. The summed E-state index contributed by atoms with van der Waals surface area (Å²) in [7, 11) is 1.78. The number of amides is 2. The molecule has 0 unspecified atom stereocenters. The first kappa shape index (κ1) is 26.8. The Morgan fingerprint density at radius 3 is 2.74 bits per heavy atom. The van der Waals surface area contributed by atoms with E-state index in [2.05, 4.69) is 25.7 Å². The number of rotatable bonds is 10. The topological polar surface area (TPSA) is 103 Å². The molecule has 0 aromatic carbocycles. The largest absolute Gasteiger partial charge is 0.396 e. The Bertz CT molecular complexity index is 903. The molecule has 8 heteroatoms. The van der Waals surface area contributed by atoms with Crippen LogP contribution in [0.15, 0.2) is 12.7 Å². The van der Waals surface area contributed by atoms with Crippen LogP contribution in [0.25, 0.3) is 0 Å². The summed E-state index contributed by atoms with van der Waals surface area (Å²) in [6, 6.07) is 0. The fraction of sp³-hybridized carbons (Fsp3) is 0.731. The highest BCUT2D eigenvalue weighted by molar-refractivity contribution is 7.15. The van der Waals surface area contributed by atoms with Crippen molar-refractivity contribution in [3.8, 4) is 0 Å². The number of fused-ring (bicyclic) bond motifs is 2. The number of carbonyl (C=O) groups is 2. The van der Waals surface area contributed by atoms with E-state index < -0.39 is 11.5 Å². The Labute approximate surface area is 207 Å². The van der Waals surface area contributed by atoms with E-state index in [1.54, 1.807) is 18.0 Å². The van der Waals surface area contributed by atoms with Crippen molar-refractivity contribution < 1.29 is 19.8 Å². The molecule has 1 aromatic heterocycles. The molecule has 3 rings (SSSR count). The van der Waals surface area contributed by atoms with Crippen molar-refractivity contribution in [3.63, 3.8) is 0 Å². The zero-order valence-corrected chi connectivity index (χ0v) is 21.9. The lowest BCUT2D eigenvalue weighted by atomic mass is 9.47. The number of aliphatic hydroxyl groups excluding tert-OH is 2. The van der Waals surface area contributed by atoms with Gasteiger partial charge in [0.1, 0.15) is 0 Å². The first-order valence-electron chi connectivity index (χ1n) is 12.5. The Morgan fingerprint density at radius 1 is 1.35 bits per heavy atom. The number of anilines is 1. The fourth-order valence-corrected chi connectivity index (χ4v) is 7.13. The van der Waals surface area contributed by atoms with Gasteiger partial charge in [-0.2, -0.15) is 0 Å². The fourth-order valence-electron chi connectivity index (χ4n) is 6.04. The number of hydrogen-bond donors (Lipinski definition) is 3. The van der Waals surface area contributed by atoms with Crippen LogP contribution in [0.5, 0.6) is 0 Å². The van der Waals surface area contributed by atoms with Crippen LogP contribution < -0.4 is 5.32 Å². The van der Waals surface area contributed by atoms with Crippen LogP contribution in [0.1, 0.15) is 82.2 Å². The predicted octanol–water partition coefficient (Wildman–Crippen LogP) is 4.11. The van der Waals surface area contributed by atoms with Crippen molar-refractivity contribution in [1.29, 1.82) is 0 Å². The van der Waals surface area contributed by atoms with Crippen LogP contribution in [-0.4, -0.2) is 58.2 Å². The van der Waals surface area contributed by atoms with E-state index in [9.17, 15) is 19.8 Å². The van der Waals surface area contributed by atoms with Crippen molar-refractivity contribution >= 4 is 28.3 Å². The van der Waals surface area contributed by atoms with Gasteiger partial charge >= 0.3 is 0 Å². The van der Waals surface area contributed by atoms with Crippen LogP contribution in [0, 0.1) is 16.7 Å². The molecule has 2 aliphatic carbocycles. The average molecular weight is 492 g/mol. The van der Waals surface area contributed by atoms with Crippen molar-refractivity contribution in [1.82, 2.24) is 9.88 Å². The van der Waals surface area contributed by atoms with Gasteiger partial charge < -0.3 is 20.4 Å². The van der Waals surface area contributed by atoms with E-state index >= 15 is 0 Å². The van der Waals surface area contributed by atoms with Gasteiger partial charge in [-0.3, -0.25) is 9.59 Å². The Balaban J connectivity index is 1.96. The zero-order valence-electron chi connectivity index (χ0n) is 21.1. The number of likely N-dealkylation sites (N-methyl/N-ethyl adjacent to an activating group) is 1. The summed E-state index contributed by atoms with van der Waals surface area (Å²) in [5, 5.41) is 24.8. The van der Waals surface area contributed by atoms with E-state index in [4.69, 9.17) is 4.98 Å². The third-order valence-electron chi connectivity index (χ3n) is 8.35. The van der Waals surface area contributed by atoms with Crippen LogP contribution in [0.4, 0.5) is 5.13 Å². The number of hydrogen-bond acceptors (Lipinski definition) is 6. The van der Waals surface area contributed by atoms with Crippen LogP contribution in [0.3, 0.4) is 0 Å². The lowest BCUT2D eigenvalue weighted by molar-refractivity contribution is -0.146. The molecule has 1 fully saturated rings. The average Bonchev–Trinajstić information content (AvgIpc) is 3.20. The molecule has 1 aromatic rings. The minimum Gasteiger partial charge on any atom is -0.396 e. The van der Waals surface area contributed by atoms with Crippen molar-refractivity contribution in [2.75, 3.05) is 25.5 Å². The first-order chi connectivity index (χ1) is 16.1. The monoisotopic (exact) mass is 491 g/mol. The molecular formula is C26H41N3O4S. The van der Waals surface area contributed by atoms with Gasteiger partial charge in [-0.05, 0) is 37.0 Å². The second-order valence-electron chi connectivity index (χ2n) is 10.6. The molecule has 2 amide bonds. The lowest BCUT2D eigenvalue weighted by Crippen LogP contribution is -2.57. The molecular weight excluding hydrogens is 450 g/mol. The standard InChI is InChI=1S/C26H41N3O4S/c1-6-8-9-10-21(32)27-24-28-23-17(14-22(33)29(5)13-7-2)25(3)12-11-20(31)26(4,16-30)19(25)15-18(23)34-24/h7,17,19-20,30-31H,2,6,8-16H2,1,3-5H3,(H,27,28,32)/t17-,19-,20-,25+,26+/m1/s1. The maximum Gasteiger partial charge on any atom is 0.226 e. The highest BCUT2D eigenvalue weighted by atomic mass is 32.1. The Kier molecular flexibility index (Phi) is 8.58. The molecule has 190 valence electrons. The van der Waals surface area contributed by atoms with Crippen LogP contribution in [0.2, 0.25) is 0 Å². The van der Waals surface area contributed by atoms with Crippen molar-refractivity contribution in [2.24, 2.45) is 16.7 Å². The van der Waals surface area contributed by atoms with Crippen LogP contribution in [-0.2, 0) is 16.0 Å². The summed E-state index contributed by atoms with van der Waals surface area (Å²) in [5.41, 5.74) is -0.0677. The summed E-state index contributed by atoms with van der Waals surface area (Å²) in [5.74, 6) is -0.163. The van der Waals surface area contributed by atoms with Gasteiger partial charge in [0.2, 0.25) is 11.8 Å². The second kappa shape index (κ2) is 10.9. The number of nitrogens with zero attached hydrogens (tertiary/aromatic N) is 2. The van der Waals surface area contributed by atoms with E-state index in [0.717, 1.165) is 36.3 Å². The van der Waals surface area contributed by atoms with E-state index in [0.29, 0.717) is 37.4 Å². The lowest BCUT2D eigenvalue weighted by Gasteiger charge is -2.58. The molecule has 0 bridgehead atoms. The number of thiazole rings is 1. The summed E-state index contributed by atoms with van der Waals surface area (Å²) < 4.78 is 0. The predicted molar refractivity (Wildman–Crippen MR) is 136 cm³/mol. The number of aromatic nitrogens is 1. The molecule has 3 N–H and O–H groups in total. The van der Waals surface area contributed by atoms with E-state index in [1.807, 2.05) is 6.92 Å². The molecule has 34 heavy (non-hydrogen) atoms. The molecule has 1 saturated carbocycles. The number of carbonyl (C=O) groups excluding carboxylic acids is 2. The van der Waals surface area contributed by atoms with Gasteiger partial charge in [0.25, 0.3) is 0 Å². The second-order valence-corrected chi connectivity index (χ2v) is 11.7. The SMILES string of the molecule is C=CCN(C)C(=O)C[C@@H]1c2nc(NC(=O)CCCCC)sc2C[C@H]2[C@](C)(CO)[C@H](O)CC[C@]21C. The number of nitrogens with one attached hydrogen (secondary N) is 1. The van der Waals surface area contributed by atoms with Gasteiger partial charge in [-0.1, -0.05) is 39.7 Å². The van der Waals surface area contributed by atoms with Gasteiger partial charge in [0, 0.05) is 42.6 Å². The maximum absolute atomic E-state index is 13.1. The van der Waals surface area contributed by atoms with Gasteiger partial charge in [0.05, 0.1) is 18.4 Å². The molecule has 2 aliphatic rings. The Morgan fingerprint density at radius 2 is 2.09 bits per heavy atom. The third kappa shape index (κ3) is 5.09. The summed E-state index contributed by atoms with van der Waals surface area (Å²) in [4.78, 5) is 33.2. The molecule has 1 heterocycles. The highest BCUT2D eigenvalue weighted by Crippen LogP contribution is 2.62. The number of aliphatic hydroxyl groups is 2. The summed E-state index contributed by atoms with van der Waals surface area (Å²) >= 11 is 1.47. The smallest absolute Gasteiger partial charge is 0.226 e. The molecule has 0 radical (unpaired) electrons. The molecule has 0 aliphatic heterocycles. The normalized spacial score (nSPS) is 30.2. The van der Waals surface area contributed by atoms with E-state index in [-0.39, 0.29) is 35.7 Å². The summed E-state index contributed by atoms with van der Waals surface area (Å²) in [6.07, 6.45) is 6.84. The quantitative estimate of drug-likeness (QED) is 0.338.